The summed E-state index contributed by atoms with van der Waals surface area (Å²) in [4.78, 5) is 26.7. The van der Waals surface area contributed by atoms with Crippen molar-refractivity contribution in [2.24, 2.45) is 0 Å². The minimum Gasteiger partial charge on any atom is -0.363 e. The Morgan fingerprint density at radius 1 is 1.07 bits per heavy atom. The second-order valence-corrected chi connectivity index (χ2v) is 6.46. The van der Waals surface area contributed by atoms with Gasteiger partial charge in [0.1, 0.15) is 23.3 Å². The average molecular weight is 380 g/mol. The van der Waals surface area contributed by atoms with Crippen molar-refractivity contribution in [2.45, 2.75) is 13.0 Å². The van der Waals surface area contributed by atoms with Gasteiger partial charge in [0, 0.05) is 38.1 Å². The molecule has 0 saturated carbocycles. The van der Waals surface area contributed by atoms with Crippen LogP contribution < -0.4 is 10.6 Å². The first-order chi connectivity index (χ1) is 13.4. The molecule has 8 heteroatoms. The number of hydrogen-bond acceptors (Lipinski definition) is 6. The third-order valence-corrected chi connectivity index (χ3v) is 4.03. The van der Waals surface area contributed by atoms with Gasteiger partial charge in [0.25, 0.3) is 5.91 Å². The van der Waals surface area contributed by atoms with Crippen molar-refractivity contribution in [1.29, 1.82) is 0 Å². The van der Waals surface area contributed by atoms with Gasteiger partial charge in [0.2, 0.25) is 0 Å². The van der Waals surface area contributed by atoms with Crippen molar-refractivity contribution < 1.29 is 9.18 Å². The van der Waals surface area contributed by atoms with Gasteiger partial charge >= 0.3 is 0 Å². The molecule has 0 aliphatic heterocycles. The summed E-state index contributed by atoms with van der Waals surface area (Å²) in [5.74, 6) is 1.05. The fraction of sp³-hybridized carbons (Fsp3) is 0.200. The molecule has 0 aliphatic carbocycles. The Morgan fingerprint density at radius 2 is 1.79 bits per heavy atom. The van der Waals surface area contributed by atoms with Crippen LogP contribution >= 0.6 is 0 Å². The Labute approximate surface area is 162 Å². The summed E-state index contributed by atoms with van der Waals surface area (Å²) in [5.41, 5.74) is 1.37. The molecule has 2 aromatic heterocycles. The lowest BCUT2D eigenvalue weighted by Crippen LogP contribution is -2.22. The molecule has 0 radical (unpaired) electrons. The smallest absolute Gasteiger partial charge is 0.253 e. The average Bonchev–Trinajstić information content (AvgIpc) is 2.68. The minimum atomic E-state index is -0.289. The molecule has 1 aromatic carbocycles. The summed E-state index contributed by atoms with van der Waals surface area (Å²) >= 11 is 0. The van der Waals surface area contributed by atoms with Crippen LogP contribution in [0.4, 0.5) is 21.8 Å². The summed E-state index contributed by atoms with van der Waals surface area (Å²) in [5, 5.41) is 6.31. The zero-order valence-corrected chi connectivity index (χ0v) is 15.8. The maximum atomic E-state index is 13.2. The first kappa shape index (κ1) is 19.2. The maximum absolute atomic E-state index is 13.2. The van der Waals surface area contributed by atoms with Crippen LogP contribution in [0.5, 0.6) is 0 Å². The summed E-state index contributed by atoms with van der Waals surface area (Å²) in [6.45, 7) is 1.94. The number of benzene rings is 1. The number of amides is 1. The number of pyridine rings is 1. The number of anilines is 3. The quantitative estimate of drug-likeness (QED) is 0.680. The molecule has 0 aliphatic rings. The summed E-state index contributed by atoms with van der Waals surface area (Å²) in [6.07, 6.45) is 4.70. The molecule has 7 nitrogen and oxygen atoms in total. The second kappa shape index (κ2) is 8.43. The Balaban J connectivity index is 1.90. The van der Waals surface area contributed by atoms with Crippen LogP contribution in [0, 0.1) is 5.82 Å². The molecule has 0 saturated heterocycles. The fourth-order valence-electron chi connectivity index (χ4n) is 2.60. The molecule has 1 amide bonds. The zero-order valence-electron chi connectivity index (χ0n) is 15.8. The molecule has 28 heavy (non-hydrogen) atoms. The molecular weight excluding hydrogens is 359 g/mol. The molecule has 144 valence electrons. The van der Waals surface area contributed by atoms with Gasteiger partial charge in [-0.3, -0.25) is 9.78 Å². The lowest BCUT2D eigenvalue weighted by Gasteiger charge is -2.18. The van der Waals surface area contributed by atoms with Crippen molar-refractivity contribution in [2.75, 3.05) is 24.7 Å². The SMILES string of the molecule is C[C@H](Nc1cc(C(=O)N(C)C)cc(Nc2cnccn2)n1)c1ccc(F)cc1. The van der Waals surface area contributed by atoms with Crippen molar-refractivity contribution >= 4 is 23.4 Å². The number of carbonyl (C=O) groups excluding carboxylic acids is 1. The molecule has 0 unspecified atom stereocenters. The molecule has 2 N–H and O–H groups in total. The Morgan fingerprint density at radius 3 is 2.43 bits per heavy atom. The molecule has 0 fully saturated rings. The minimum absolute atomic E-state index is 0.137. The van der Waals surface area contributed by atoms with Crippen LogP contribution in [-0.4, -0.2) is 39.9 Å². The predicted molar refractivity (Wildman–Crippen MR) is 106 cm³/mol. The number of aromatic nitrogens is 3. The standard InChI is InChI=1S/C20H21FN6O/c1-13(14-4-6-16(21)7-5-14)24-17-10-15(20(28)27(2)3)11-18(25-17)26-19-12-22-8-9-23-19/h4-13H,1-3H3,(H2,23,24,25,26)/t13-/m0/s1. The highest BCUT2D eigenvalue weighted by molar-refractivity contribution is 5.95. The van der Waals surface area contributed by atoms with E-state index < -0.39 is 0 Å². The predicted octanol–water partition coefficient (Wildman–Crippen LogP) is 3.63. The van der Waals surface area contributed by atoms with Crippen molar-refractivity contribution in [3.8, 4) is 0 Å². The summed E-state index contributed by atoms with van der Waals surface area (Å²) < 4.78 is 13.2. The highest BCUT2D eigenvalue weighted by Gasteiger charge is 2.14. The van der Waals surface area contributed by atoms with Gasteiger partial charge in [0.15, 0.2) is 0 Å². The normalized spacial score (nSPS) is 11.6. The zero-order chi connectivity index (χ0) is 20.1. The molecule has 2 heterocycles. The Hall–Kier alpha value is -3.55. The lowest BCUT2D eigenvalue weighted by atomic mass is 10.1. The van der Waals surface area contributed by atoms with E-state index in [2.05, 4.69) is 25.6 Å². The van der Waals surface area contributed by atoms with Crippen LogP contribution in [0.2, 0.25) is 0 Å². The fourth-order valence-corrected chi connectivity index (χ4v) is 2.60. The van der Waals surface area contributed by atoms with Crippen LogP contribution in [0.3, 0.4) is 0 Å². The van der Waals surface area contributed by atoms with E-state index in [1.54, 1.807) is 57.0 Å². The number of carbonyl (C=O) groups is 1. The third-order valence-electron chi connectivity index (χ3n) is 4.03. The first-order valence-corrected chi connectivity index (χ1v) is 8.71. The van der Waals surface area contributed by atoms with E-state index in [-0.39, 0.29) is 17.8 Å². The molecule has 3 aromatic rings. The van der Waals surface area contributed by atoms with E-state index in [0.717, 1.165) is 5.56 Å². The van der Waals surface area contributed by atoms with E-state index in [1.165, 1.54) is 17.0 Å². The van der Waals surface area contributed by atoms with Gasteiger partial charge in [-0.05, 0) is 36.8 Å². The molecule has 0 spiro atoms. The Bertz CT molecular complexity index is 947. The topological polar surface area (TPSA) is 83.0 Å². The Kier molecular flexibility index (Phi) is 5.78. The molecule has 3 rings (SSSR count). The van der Waals surface area contributed by atoms with Gasteiger partial charge in [-0.15, -0.1) is 0 Å². The van der Waals surface area contributed by atoms with Gasteiger partial charge < -0.3 is 15.5 Å². The van der Waals surface area contributed by atoms with E-state index in [0.29, 0.717) is 23.0 Å². The van der Waals surface area contributed by atoms with E-state index >= 15 is 0 Å². The molecule has 0 bridgehead atoms. The number of nitrogens with one attached hydrogen (secondary N) is 2. The number of rotatable bonds is 6. The number of nitrogens with zero attached hydrogens (tertiary/aromatic N) is 4. The number of hydrogen-bond donors (Lipinski definition) is 2. The number of halogens is 1. The third kappa shape index (κ3) is 4.79. The van der Waals surface area contributed by atoms with E-state index in [9.17, 15) is 9.18 Å². The maximum Gasteiger partial charge on any atom is 0.253 e. The van der Waals surface area contributed by atoms with Gasteiger partial charge in [-0.25, -0.2) is 14.4 Å². The van der Waals surface area contributed by atoms with Crippen LogP contribution in [0.15, 0.2) is 55.0 Å². The van der Waals surface area contributed by atoms with E-state index in [4.69, 9.17) is 0 Å². The highest BCUT2D eigenvalue weighted by atomic mass is 19.1. The van der Waals surface area contributed by atoms with Crippen LogP contribution in [-0.2, 0) is 0 Å². The summed E-state index contributed by atoms with van der Waals surface area (Å²) in [6, 6.07) is 9.44. The molecule has 1 atom stereocenters. The molecular formula is C20H21FN6O. The summed E-state index contributed by atoms with van der Waals surface area (Å²) in [7, 11) is 3.37. The van der Waals surface area contributed by atoms with E-state index in [1.807, 2.05) is 6.92 Å². The van der Waals surface area contributed by atoms with Crippen LogP contribution in [0.25, 0.3) is 0 Å². The van der Waals surface area contributed by atoms with Gasteiger partial charge in [-0.2, -0.15) is 0 Å². The van der Waals surface area contributed by atoms with Gasteiger partial charge in [0.05, 0.1) is 6.20 Å². The second-order valence-electron chi connectivity index (χ2n) is 6.46. The van der Waals surface area contributed by atoms with Crippen molar-refractivity contribution in [3.05, 3.63) is 71.9 Å². The van der Waals surface area contributed by atoms with Crippen LogP contribution in [0.1, 0.15) is 28.9 Å². The van der Waals surface area contributed by atoms with Crippen molar-refractivity contribution in [1.82, 2.24) is 19.9 Å². The lowest BCUT2D eigenvalue weighted by molar-refractivity contribution is 0.0827. The van der Waals surface area contributed by atoms with Gasteiger partial charge in [-0.1, -0.05) is 12.1 Å². The first-order valence-electron chi connectivity index (χ1n) is 8.71. The monoisotopic (exact) mass is 380 g/mol. The highest BCUT2D eigenvalue weighted by Crippen LogP contribution is 2.23. The largest absolute Gasteiger partial charge is 0.363 e. The van der Waals surface area contributed by atoms with Crippen molar-refractivity contribution in [3.63, 3.8) is 0 Å².